The molecular weight excluding hydrogens is 524 g/mol. The summed E-state index contributed by atoms with van der Waals surface area (Å²) in [6.45, 7) is 3.72. The average molecular weight is 567 g/mol. The maximum absolute atomic E-state index is 13.0. The van der Waals surface area contributed by atoms with Gasteiger partial charge in [-0.1, -0.05) is 6.92 Å². The number of rotatable bonds is 4. The molecule has 0 aromatic heterocycles. The summed E-state index contributed by atoms with van der Waals surface area (Å²) in [7, 11) is 0. The zero-order valence-electron chi connectivity index (χ0n) is 23.0. The van der Waals surface area contributed by atoms with Gasteiger partial charge in [0.1, 0.15) is 31.2 Å². The van der Waals surface area contributed by atoms with E-state index in [1.165, 1.54) is 6.08 Å². The quantitative estimate of drug-likeness (QED) is 0.149. The van der Waals surface area contributed by atoms with Crippen molar-refractivity contribution >= 4 is 12.3 Å². The second-order valence-electron chi connectivity index (χ2n) is 13.6. The normalized spacial score (nSPS) is 56.0. The topological polar surface area (TPSA) is 183 Å². The molecule has 6 aliphatic rings. The Morgan fingerprint density at radius 1 is 1.00 bits per heavy atom. The number of carbonyl (C=O) groups is 2. The van der Waals surface area contributed by atoms with Crippen LogP contribution in [0.25, 0.3) is 0 Å². The Hall–Kier alpha value is -1.44. The lowest BCUT2D eigenvalue weighted by molar-refractivity contribution is -0.320. The van der Waals surface area contributed by atoms with Crippen LogP contribution in [-0.2, 0) is 23.8 Å². The van der Waals surface area contributed by atoms with E-state index in [1.54, 1.807) is 6.92 Å². The maximum atomic E-state index is 13.0. The van der Waals surface area contributed by atoms with Crippen molar-refractivity contribution in [3.63, 3.8) is 0 Å². The Kier molecular flexibility index (Phi) is 6.83. The number of ether oxygens (including phenoxy) is 3. The van der Waals surface area contributed by atoms with Crippen LogP contribution in [-0.4, -0.2) is 104 Å². The van der Waals surface area contributed by atoms with Crippen LogP contribution in [0.5, 0.6) is 0 Å². The Bertz CT molecular complexity index is 1080. The van der Waals surface area contributed by atoms with Crippen molar-refractivity contribution in [2.24, 2.45) is 28.6 Å². The van der Waals surface area contributed by atoms with Gasteiger partial charge in [0.15, 0.2) is 6.29 Å². The van der Waals surface area contributed by atoms with Crippen LogP contribution in [0.3, 0.4) is 0 Å². The van der Waals surface area contributed by atoms with E-state index in [0.717, 1.165) is 11.9 Å². The first-order valence-corrected chi connectivity index (χ1v) is 14.6. The molecule has 1 saturated heterocycles. The monoisotopic (exact) mass is 566 g/mol. The molecule has 0 radical (unpaired) electrons. The van der Waals surface area contributed by atoms with Crippen molar-refractivity contribution < 1.29 is 54.4 Å². The molecule has 4 saturated carbocycles. The number of aldehydes is 1. The molecule has 2 heterocycles. The van der Waals surface area contributed by atoms with E-state index in [1.807, 2.05) is 6.92 Å². The lowest BCUT2D eigenvalue weighted by atomic mass is 9.41. The highest BCUT2D eigenvalue weighted by Gasteiger charge is 2.73. The van der Waals surface area contributed by atoms with Gasteiger partial charge in [0.25, 0.3) is 0 Å². The van der Waals surface area contributed by atoms with Crippen molar-refractivity contribution in [3.8, 4) is 0 Å². The third kappa shape index (κ3) is 3.78. The van der Waals surface area contributed by atoms with Crippen LogP contribution < -0.4 is 0 Å². The summed E-state index contributed by atoms with van der Waals surface area (Å²) < 4.78 is 16.8. The van der Waals surface area contributed by atoms with Gasteiger partial charge in [0.2, 0.25) is 0 Å². The van der Waals surface area contributed by atoms with Gasteiger partial charge in [-0.15, -0.1) is 0 Å². The van der Waals surface area contributed by atoms with E-state index >= 15 is 0 Å². The Balaban J connectivity index is 1.25. The fourth-order valence-corrected chi connectivity index (χ4v) is 9.82. The largest absolute Gasteiger partial charge is 0.458 e. The van der Waals surface area contributed by atoms with Crippen LogP contribution in [0.4, 0.5) is 0 Å². The van der Waals surface area contributed by atoms with Crippen molar-refractivity contribution in [2.75, 3.05) is 6.61 Å². The van der Waals surface area contributed by atoms with Crippen molar-refractivity contribution in [2.45, 2.75) is 119 Å². The molecule has 224 valence electrons. The molecule has 0 aromatic rings. The minimum Gasteiger partial charge on any atom is -0.458 e. The van der Waals surface area contributed by atoms with Crippen molar-refractivity contribution in [1.29, 1.82) is 0 Å². The zero-order valence-corrected chi connectivity index (χ0v) is 23.0. The highest BCUT2D eigenvalue weighted by atomic mass is 16.7. The number of hydrogen-bond acceptors (Lipinski definition) is 11. The van der Waals surface area contributed by atoms with E-state index in [-0.39, 0.29) is 38.2 Å². The minimum atomic E-state index is -1.51. The molecule has 2 aliphatic heterocycles. The molecule has 11 heteroatoms. The van der Waals surface area contributed by atoms with Crippen LogP contribution in [0.2, 0.25) is 0 Å². The van der Waals surface area contributed by atoms with E-state index in [2.05, 4.69) is 0 Å². The molecule has 0 bridgehead atoms. The number of carbonyl (C=O) groups excluding carboxylic acids is 2. The summed E-state index contributed by atoms with van der Waals surface area (Å²) in [4.78, 5) is 24.8. The van der Waals surface area contributed by atoms with Gasteiger partial charge >= 0.3 is 5.97 Å². The molecule has 9 unspecified atom stereocenters. The number of fused-ring (bicyclic) bond motifs is 5. The van der Waals surface area contributed by atoms with Crippen molar-refractivity contribution in [1.82, 2.24) is 0 Å². The molecule has 40 heavy (non-hydrogen) atoms. The van der Waals surface area contributed by atoms with Crippen LogP contribution >= 0.6 is 0 Å². The van der Waals surface area contributed by atoms with Gasteiger partial charge < -0.3 is 49.6 Å². The lowest BCUT2D eigenvalue weighted by Gasteiger charge is -2.66. The number of esters is 1. The maximum Gasteiger partial charge on any atom is 0.331 e. The van der Waals surface area contributed by atoms with Crippen LogP contribution in [0.1, 0.15) is 65.2 Å². The average Bonchev–Trinajstić information content (AvgIpc) is 3.45. The molecule has 11 nitrogen and oxygen atoms in total. The van der Waals surface area contributed by atoms with Gasteiger partial charge in [0, 0.05) is 23.8 Å². The summed E-state index contributed by atoms with van der Waals surface area (Å²) in [5.41, 5.74) is -3.89. The molecule has 5 fully saturated rings. The summed E-state index contributed by atoms with van der Waals surface area (Å²) >= 11 is 0. The molecule has 0 spiro atoms. The third-order valence-electron chi connectivity index (χ3n) is 11.9. The summed E-state index contributed by atoms with van der Waals surface area (Å²) in [6.07, 6.45) is -2.87. The number of aliphatic hydroxyl groups is 6. The lowest BCUT2D eigenvalue weighted by Crippen LogP contribution is -2.72. The summed E-state index contributed by atoms with van der Waals surface area (Å²) in [5, 5.41) is 66.7. The Labute approximate surface area is 233 Å². The predicted octanol–water partition coefficient (Wildman–Crippen LogP) is -0.279. The van der Waals surface area contributed by atoms with Gasteiger partial charge in [-0.2, -0.15) is 0 Å². The molecule has 0 aromatic carbocycles. The number of hydrogen-bond donors (Lipinski definition) is 6. The highest BCUT2D eigenvalue weighted by molar-refractivity contribution is 5.85. The molecular formula is C29H42O11. The second-order valence-corrected chi connectivity index (χ2v) is 13.6. The zero-order chi connectivity index (χ0) is 28.8. The first-order chi connectivity index (χ1) is 18.8. The predicted molar refractivity (Wildman–Crippen MR) is 136 cm³/mol. The molecule has 6 N–H and O–H groups in total. The van der Waals surface area contributed by atoms with Crippen molar-refractivity contribution in [3.05, 3.63) is 11.6 Å². The third-order valence-corrected chi connectivity index (χ3v) is 11.9. The van der Waals surface area contributed by atoms with Gasteiger partial charge in [-0.25, -0.2) is 4.79 Å². The minimum absolute atomic E-state index is 0.0615. The summed E-state index contributed by atoms with van der Waals surface area (Å²) in [5.74, 6) is -1.61. The fourth-order valence-electron chi connectivity index (χ4n) is 9.82. The smallest absolute Gasteiger partial charge is 0.331 e. The van der Waals surface area contributed by atoms with E-state index in [4.69, 9.17) is 14.2 Å². The second kappa shape index (κ2) is 9.54. The summed E-state index contributed by atoms with van der Waals surface area (Å²) in [6, 6.07) is 0. The van der Waals surface area contributed by atoms with E-state index in [9.17, 15) is 40.2 Å². The first-order valence-electron chi connectivity index (χ1n) is 14.6. The fraction of sp³-hybridized carbons (Fsp3) is 0.862. The molecule has 14 atom stereocenters. The standard InChI is InChI=1S/C29H42O11/c1-14-22(33)23(34)24(35)25(39-14)40-16-3-6-27(13-30)21-18(4-7-28(27,36)10-16)29(37)8-5-17(15-9-20(32)38-12-15)26(29,2)11-19(21)31/h9,13-14,16-19,21-25,31,33-37H,3-8,10-12H2,1-2H3/t14?,16?,17-,18?,19+,21+,22?,23?,24?,25?,26+,27-,28?,29?/m0/s1. The van der Waals surface area contributed by atoms with E-state index in [0.29, 0.717) is 25.7 Å². The van der Waals surface area contributed by atoms with Gasteiger partial charge in [-0.3, -0.25) is 0 Å². The number of cyclic esters (lactones) is 1. The van der Waals surface area contributed by atoms with Crippen LogP contribution in [0, 0.1) is 28.6 Å². The number of aliphatic hydroxyl groups excluding tert-OH is 4. The Morgan fingerprint density at radius 3 is 2.42 bits per heavy atom. The van der Waals surface area contributed by atoms with Gasteiger partial charge in [0.05, 0.1) is 34.9 Å². The first kappa shape index (κ1) is 28.7. The molecule has 0 amide bonds. The van der Waals surface area contributed by atoms with Gasteiger partial charge in [-0.05, 0) is 69.3 Å². The Morgan fingerprint density at radius 2 is 1.75 bits per heavy atom. The highest BCUT2D eigenvalue weighted by Crippen LogP contribution is 2.70. The SMILES string of the molecule is CC1OC(OC2CC[C@]3(C=O)[C@@H]4C(CCC3(O)C2)C2(O)CC[C@@H](C3=CC(=O)OC3)[C@@]2(C)C[C@H]4O)C(O)C(O)C1O. The molecule has 4 aliphatic carbocycles. The van der Waals surface area contributed by atoms with Crippen LogP contribution in [0.15, 0.2) is 11.6 Å². The molecule has 6 rings (SSSR count). The van der Waals surface area contributed by atoms with E-state index < -0.39 is 82.8 Å².